The number of nitro benzene ring substituents is 1. The number of methoxy groups -OCH3 is 2. The van der Waals surface area contributed by atoms with Crippen molar-refractivity contribution in [3.8, 4) is 11.5 Å². The summed E-state index contributed by atoms with van der Waals surface area (Å²) in [7, 11) is 2.97. The third kappa shape index (κ3) is 2.64. The first-order valence-electron chi connectivity index (χ1n) is 5.80. The molecule has 98 valence electrons. The smallest absolute Gasteiger partial charge is 0.296 e. The lowest BCUT2D eigenvalue weighted by molar-refractivity contribution is -0.384. The Morgan fingerprint density at radius 3 is 2.44 bits per heavy atom. The maximum Gasteiger partial charge on any atom is 0.296 e. The SMILES string of the molecule is COc1cc(NCC2CC2)c([N+](=O)[O-])cc1OC. The van der Waals surface area contributed by atoms with E-state index in [9.17, 15) is 10.1 Å². The Kier molecular flexibility index (Phi) is 3.55. The highest BCUT2D eigenvalue weighted by Gasteiger charge is 2.24. The number of anilines is 1. The van der Waals surface area contributed by atoms with Crippen molar-refractivity contribution in [1.29, 1.82) is 0 Å². The van der Waals surface area contributed by atoms with Gasteiger partial charge in [0, 0.05) is 12.6 Å². The Labute approximate surface area is 105 Å². The van der Waals surface area contributed by atoms with Crippen molar-refractivity contribution in [3.63, 3.8) is 0 Å². The van der Waals surface area contributed by atoms with Crippen LogP contribution >= 0.6 is 0 Å². The van der Waals surface area contributed by atoms with Crippen LogP contribution in [0.3, 0.4) is 0 Å². The van der Waals surface area contributed by atoms with E-state index in [1.54, 1.807) is 6.07 Å². The Hall–Kier alpha value is -1.98. The molecular formula is C12H16N2O4. The van der Waals surface area contributed by atoms with Gasteiger partial charge in [-0.3, -0.25) is 10.1 Å². The molecule has 0 unspecified atom stereocenters. The zero-order valence-corrected chi connectivity index (χ0v) is 10.4. The van der Waals surface area contributed by atoms with Crippen LogP contribution < -0.4 is 14.8 Å². The van der Waals surface area contributed by atoms with Crippen LogP contribution in [0.15, 0.2) is 12.1 Å². The highest BCUT2D eigenvalue weighted by Crippen LogP contribution is 2.38. The average molecular weight is 252 g/mol. The molecule has 6 heteroatoms. The molecule has 6 nitrogen and oxygen atoms in total. The second-order valence-electron chi connectivity index (χ2n) is 4.31. The highest BCUT2D eigenvalue weighted by molar-refractivity contribution is 5.68. The largest absolute Gasteiger partial charge is 0.493 e. The van der Waals surface area contributed by atoms with E-state index in [-0.39, 0.29) is 5.69 Å². The first-order valence-corrected chi connectivity index (χ1v) is 5.80. The first kappa shape index (κ1) is 12.5. The van der Waals surface area contributed by atoms with Gasteiger partial charge in [0.1, 0.15) is 5.69 Å². The van der Waals surface area contributed by atoms with Gasteiger partial charge in [-0.15, -0.1) is 0 Å². The van der Waals surface area contributed by atoms with E-state index >= 15 is 0 Å². The van der Waals surface area contributed by atoms with E-state index in [2.05, 4.69) is 5.32 Å². The number of nitrogens with one attached hydrogen (secondary N) is 1. The fraction of sp³-hybridized carbons (Fsp3) is 0.500. The average Bonchev–Trinajstić information content (AvgIpc) is 3.18. The lowest BCUT2D eigenvalue weighted by Crippen LogP contribution is -2.06. The minimum Gasteiger partial charge on any atom is -0.493 e. The van der Waals surface area contributed by atoms with Crippen molar-refractivity contribution in [2.24, 2.45) is 5.92 Å². The number of hydrogen-bond acceptors (Lipinski definition) is 5. The molecule has 1 aliphatic carbocycles. The molecule has 0 radical (unpaired) electrons. The van der Waals surface area contributed by atoms with Gasteiger partial charge in [-0.2, -0.15) is 0 Å². The Morgan fingerprint density at radius 2 is 1.94 bits per heavy atom. The van der Waals surface area contributed by atoms with Gasteiger partial charge in [-0.05, 0) is 18.8 Å². The zero-order valence-electron chi connectivity index (χ0n) is 10.4. The van der Waals surface area contributed by atoms with Gasteiger partial charge in [-0.1, -0.05) is 0 Å². The van der Waals surface area contributed by atoms with Crippen molar-refractivity contribution >= 4 is 11.4 Å². The van der Waals surface area contributed by atoms with Crippen LogP contribution in [0.1, 0.15) is 12.8 Å². The molecule has 0 spiro atoms. The molecule has 0 aliphatic heterocycles. The van der Waals surface area contributed by atoms with Crippen molar-refractivity contribution in [1.82, 2.24) is 0 Å². The molecule has 1 aliphatic rings. The third-order valence-corrected chi connectivity index (χ3v) is 2.98. The number of hydrogen-bond donors (Lipinski definition) is 1. The van der Waals surface area contributed by atoms with Gasteiger partial charge in [-0.25, -0.2) is 0 Å². The molecular weight excluding hydrogens is 236 g/mol. The van der Waals surface area contributed by atoms with E-state index in [1.165, 1.54) is 33.1 Å². The Morgan fingerprint density at radius 1 is 1.33 bits per heavy atom. The maximum absolute atomic E-state index is 11.0. The van der Waals surface area contributed by atoms with Gasteiger partial charge < -0.3 is 14.8 Å². The fourth-order valence-electron chi connectivity index (χ4n) is 1.74. The van der Waals surface area contributed by atoms with E-state index < -0.39 is 4.92 Å². The van der Waals surface area contributed by atoms with Gasteiger partial charge >= 0.3 is 0 Å². The molecule has 18 heavy (non-hydrogen) atoms. The number of nitrogens with zero attached hydrogens (tertiary/aromatic N) is 1. The minimum absolute atomic E-state index is 0.00769. The normalized spacial score (nSPS) is 14.1. The molecule has 0 aromatic heterocycles. The second kappa shape index (κ2) is 5.12. The second-order valence-corrected chi connectivity index (χ2v) is 4.31. The van der Waals surface area contributed by atoms with Crippen molar-refractivity contribution < 1.29 is 14.4 Å². The Balaban J connectivity index is 2.30. The van der Waals surface area contributed by atoms with Crippen LogP contribution in [0.2, 0.25) is 0 Å². The number of rotatable bonds is 6. The van der Waals surface area contributed by atoms with Crippen LogP contribution in [0, 0.1) is 16.0 Å². The van der Waals surface area contributed by atoms with E-state index in [4.69, 9.17) is 9.47 Å². The standard InChI is InChI=1S/C12H16N2O4/c1-17-11-5-9(13-7-8-3-4-8)10(14(15)16)6-12(11)18-2/h5-6,8,13H,3-4,7H2,1-2H3. The molecule has 0 amide bonds. The molecule has 2 rings (SSSR count). The summed E-state index contributed by atoms with van der Waals surface area (Å²) in [5, 5.41) is 14.1. The van der Waals surface area contributed by atoms with E-state index in [0.29, 0.717) is 23.1 Å². The van der Waals surface area contributed by atoms with Gasteiger partial charge in [0.05, 0.1) is 25.2 Å². The van der Waals surface area contributed by atoms with E-state index in [1.807, 2.05) is 0 Å². The Bertz CT molecular complexity index is 458. The number of ether oxygens (including phenoxy) is 2. The molecule has 0 saturated heterocycles. The maximum atomic E-state index is 11.0. The van der Waals surface area contributed by atoms with Crippen LogP contribution in [-0.2, 0) is 0 Å². The molecule has 0 bridgehead atoms. The summed E-state index contributed by atoms with van der Waals surface area (Å²) < 4.78 is 10.2. The predicted molar refractivity (Wildman–Crippen MR) is 67.4 cm³/mol. The first-order chi connectivity index (χ1) is 8.65. The summed E-state index contributed by atoms with van der Waals surface area (Å²) in [6, 6.07) is 2.99. The van der Waals surface area contributed by atoms with Gasteiger partial charge in [0.15, 0.2) is 11.5 Å². The summed E-state index contributed by atoms with van der Waals surface area (Å²) >= 11 is 0. The van der Waals surface area contributed by atoms with Gasteiger partial charge in [0.25, 0.3) is 5.69 Å². The van der Waals surface area contributed by atoms with Gasteiger partial charge in [0.2, 0.25) is 0 Å². The minimum atomic E-state index is -0.419. The molecule has 1 N–H and O–H groups in total. The monoisotopic (exact) mass is 252 g/mol. The number of nitro groups is 1. The zero-order chi connectivity index (χ0) is 13.1. The predicted octanol–water partition coefficient (Wildman–Crippen LogP) is 2.43. The molecule has 1 saturated carbocycles. The van der Waals surface area contributed by atoms with E-state index in [0.717, 1.165) is 6.54 Å². The summed E-state index contributed by atoms with van der Waals surface area (Å²) in [5.74, 6) is 1.49. The molecule has 0 atom stereocenters. The summed E-state index contributed by atoms with van der Waals surface area (Å²) in [4.78, 5) is 10.6. The molecule has 1 aromatic carbocycles. The third-order valence-electron chi connectivity index (χ3n) is 2.98. The quantitative estimate of drug-likeness (QED) is 0.621. The molecule has 1 aromatic rings. The van der Waals surface area contributed by atoms with Crippen LogP contribution in [-0.4, -0.2) is 25.7 Å². The summed E-state index contributed by atoms with van der Waals surface area (Å²) in [5.41, 5.74) is 0.484. The molecule has 0 heterocycles. The van der Waals surface area contributed by atoms with Crippen molar-refractivity contribution in [2.45, 2.75) is 12.8 Å². The van der Waals surface area contributed by atoms with Crippen molar-refractivity contribution in [2.75, 3.05) is 26.1 Å². The van der Waals surface area contributed by atoms with Crippen LogP contribution in [0.5, 0.6) is 11.5 Å². The summed E-state index contributed by atoms with van der Waals surface area (Å²) in [6.07, 6.45) is 2.38. The topological polar surface area (TPSA) is 73.6 Å². The van der Waals surface area contributed by atoms with Crippen LogP contribution in [0.25, 0.3) is 0 Å². The van der Waals surface area contributed by atoms with Crippen LogP contribution in [0.4, 0.5) is 11.4 Å². The fourth-order valence-corrected chi connectivity index (χ4v) is 1.74. The number of benzene rings is 1. The molecule has 1 fully saturated rings. The lowest BCUT2D eigenvalue weighted by atomic mass is 10.2. The lowest BCUT2D eigenvalue weighted by Gasteiger charge is -2.11. The highest BCUT2D eigenvalue weighted by atomic mass is 16.6. The van der Waals surface area contributed by atoms with Crippen molar-refractivity contribution in [3.05, 3.63) is 22.2 Å². The summed E-state index contributed by atoms with van der Waals surface area (Å²) in [6.45, 7) is 0.760.